The van der Waals surface area contributed by atoms with Crippen LogP contribution in [-0.4, -0.2) is 10.9 Å². The van der Waals surface area contributed by atoms with Crippen molar-refractivity contribution in [1.29, 1.82) is 0 Å². The van der Waals surface area contributed by atoms with Gasteiger partial charge in [0.15, 0.2) is 0 Å². The van der Waals surface area contributed by atoms with Gasteiger partial charge in [0.1, 0.15) is 5.56 Å². The van der Waals surface area contributed by atoms with E-state index in [0.29, 0.717) is 5.69 Å². The standard InChI is InChI=1S/C18H16N2O2S/c1-12(16-8-5-11-23-16)19-17(21)14-9-10-15(20-18(14)22)13-6-3-2-4-7-13/h2-12H,1H3,(H,19,21)(H,20,22). The van der Waals surface area contributed by atoms with Gasteiger partial charge in [0.2, 0.25) is 0 Å². The minimum atomic E-state index is -0.387. The highest BCUT2D eigenvalue weighted by Crippen LogP contribution is 2.19. The van der Waals surface area contributed by atoms with Crippen LogP contribution in [0.2, 0.25) is 0 Å². The van der Waals surface area contributed by atoms with Gasteiger partial charge in [0.05, 0.1) is 6.04 Å². The lowest BCUT2D eigenvalue weighted by molar-refractivity contribution is 0.0939. The number of hydrogen-bond donors (Lipinski definition) is 2. The van der Waals surface area contributed by atoms with Crippen molar-refractivity contribution in [1.82, 2.24) is 10.3 Å². The van der Waals surface area contributed by atoms with E-state index in [1.165, 1.54) is 0 Å². The SMILES string of the molecule is CC(NC(=O)c1ccc(-c2ccccc2)[nH]c1=O)c1cccs1. The molecule has 0 bridgehead atoms. The Balaban J connectivity index is 1.81. The molecule has 0 aliphatic carbocycles. The lowest BCUT2D eigenvalue weighted by Crippen LogP contribution is -2.31. The summed E-state index contributed by atoms with van der Waals surface area (Å²) in [5.74, 6) is -0.369. The molecule has 1 atom stereocenters. The third-order valence-corrected chi connectivity index (χ3v) is 4.61. The zero-order valence-corrected chi connectivity index (χ0v) is 13.4. The van der Waals surface area contributed by atoms with Gasteiger partial charge in [-0.25, -0.2) is 0 Å². The van der Waals surface area contributed by atoms with Crippen LogP contribution in [0.3, 0.4) is 0 Å². The summed E-state index contributed by atoms with van der Waals surface area (Å²) >= 11 is 1.57. The number of aromatic amines is 1. The van der Waals surface area contributed by atoms with E-state index in [1.54, 1.807) is 23.5 Å². The van der Waals surface area contributed by atoms with Crippen LogP contribution in [0, 0.1) is 0 Å². The molecule has 2 aromatic heterocycles. The molecular formula is C18H16N2O2S. The average molecular weight is 324 g/mol. The predicted molar refractivity (Wildman–Crippen MR) is 92.7 cm³/mol. The van der Waals surface area contributed by atoms with Crippen LogP contribution < -0.4 is 10.9 Å². The number of rotatable bonds is 4. The molecule has 0 saturated carbocycles. The molecule has 23 heavy (non-hydrogen) atoms. The first-order chi connectivity index (χ1) is 11.1. The monoisotopic (exact) mass is 324 g/mol. The number of H-pyrrole nitrogens is 1. The van der Waals surface area contributed by atoms with Gasteiger partial charge in [0, 0.05) is 10.6 Å². The summed E-state index contributed by atoms with van der Waals surface area (Å²) in [7, 11) is 0. The maximum absolute atomic E-state index is 12.3. The fraction of sp³-hybridized carbons (Fsp3) is 0.111. The minimum Gasteiger partial charge on any atom is -0.345 e. The molecule has 0 radical (unpaired) electrons. The lowest BCUT2D eigenvalue weighted by atomic mass is 10.1. The van der Waals surface area contributed by atoms with E-state index in [9.17, 15) is 9.59 Å². The Morgan fingerprint density at radius 2 is 1.87 bits per heavy atom. The van der Waals surface area contributed by atoms with Gasteiger partial charge in [-0.15, -0.1) is 11.3 Å². The maximum Gasteiger partial charge on any atom is 0.261 e. The van der Waals surface area contributed by atoms with E-state index in [1.807, 2.05) is 54.8 Å². The molecule has 4 nitrogen and oxygen atoms in total. The Bertz CT molecular complexity index is 854. The Labute approximate surface area is 137 Å². The van der Waals surface area contributed by atoms with Gasteiger partial charge in [-0.3, -0.25) is 9.59 Å². The lowest BCUT2D eigenvalue weighted by Gasteiger charge is -2.12. The zero-order valence-electron chi connectivity index (χ0n) is 12.6. The summed E-state index contributed by atoms with van der Waals surface area (Å²) < 4.78 is 0. The Morgan fingerprint density at radius 3 is 2.52 bits per heavy atom. The second kappa shape index (κ2) is 6.62. The molecule has 2 heterocycles. The summed E-state index contributed by atoms with van der Waals surface area (Å²) in [5.41, 5.74) is 1.33. The molecule has 116 valence electrons. The van der Waals surface area contributed by atoms with Crippen LogP contribution in [0.1, 0.15) is 28.2 Å². The predicted octanol–water partition coefficient (Wildman–Crippen LogP) is 3.59. The van der Waals surface area contributed by atoms with Crippen LogP contribution in [0.4, 0.5) is 0 Å². The molecule has 1 unspecified atom stereocenters. The molecule has 1 aromatic carbocycles. The number of hydrogen-bond acceptors (Lipinski definition) is 3. The summed E-state index contributed by atoms with van der Waals surface area (Å²) in [5, 5.41) is 4.81. The fourth-order valence-electron chi connectivity index (χ4n) is 2.32. The summed E-state index contributed by atoms with van der Waals surface area (Å²) in [6.07, 6.45) is 0. The van der Waals surface area contributed by atoms with Gasteiger partial charge in [0.25, 0.3) is 11.5 Å². The average Bonchev–Trinajstić information content (AvgIpc) is 3.10. The molecule has 0 aliphatic rings. The smallest absolute Gasteiger partial charge is 0.261 e. The van der Waals surface area contributed by atoms with Gasteiger partial charge < -0.3 is 10.3 Å². The quantitative estimate of drug-likeness (QED) is 0.770. The van der Waals surface area contributed by atoms with E-state index in [2.05, 4.69) is 10.3 Å². The first kappa shape index (κ1) is 15.2. The molecule has 1 amide bonds. The van der Waals surface area contributed by atoms with E-state index < -0.39 is 0 Å². The van der Waals surface area contributed by atoms with Crippen LogP contribution in [-0.2, 0) is 0 Å². The molecule has 2 N–H and O–H groups in total. The van der Waals surface area contributed by atoms with Crippen molar-refractivity contribution in [3.8, 4) is 11.3 Å². The van der Waals surface area contributed by atoms with Gasteiger partial charge in [-0.2, -0.15) is 0 Å². The largest absolute Gasteiger partial charge is 0.345 e. The minimum absolute atomic E-state index is 0.119. The van der Waals surface area contributed by atoms with Gasteiger partial charge in [-0.1, -0.05) is 36.4 Å². The summed E-state index contributed by atoms with van der Waals surface area (Å²) in [6, 6.07) is 16.6. The number of aromatic nitrogens is 1. The molecule has 0 fully saturated rings. The highest BCUT2D eigenvalue weighted by molar-refractivity contribution is 7.10. The molecule has 3 rings (SSSR count). The second-order valence-electron chi connectivity index (χ2n) is 5.19. The van der Waals surface area contributed by atoms with Crippen LogP contribution in [0.15, 0.2) is 64.8 Å². The summed E-state index contributed by atoms with van der Waals surface area (Å²) in [6.45, 7) is 1.90. The highest BCUT2D eigenvalue weighted by atomic mass is 32.1. The summed E-state index contributed by atoms with van der Waals surface area (Å²) in [4.78, 5) is 28.3. The van der Waals surface area contributed by atoms with Gasteiger partial charge >= 0.3 is 0 Å². The molecule has 0 aliphatic heterocycles. The van der Waals surface area contributed by atoms with E-state index >= 15 is 0 Å². The zero-order chi connectivity index (χ0) is 16.2. The Hall–Kier alpha value is -2.66. The topological polar surface area (TPSA) is 62.0 Å². The third-order valence-electron chi connectivity index (χ3n) is 3.56. The number of pyridine rings is 1. The Kier molecular flexibility index (Phi) is 4.39. The van der Waals surface area contributed by atoms with Crippen molar-refractivity contribution in [2.45, 2.75) is 13.0 Å². The molecule has 0 spiro atoms. The van der Waals surface area contributed by atoms with E-state index in [0.717, 1.165) is 10.4 Å². The van der Waals surface area contributed by atoms with E-state index in [-0.39, 0.29) is 23.1 Å². The van der Waals surface area contributed by atoms with Crippen LogP contribution in [0.5, 0.6) is 0 Å². The molecule has 5 heteroatoms. The van der Waals surface area contributed by atoms with Crippen LogP contribution in [0.25, 0.3) is 11.3 Å². The second-order valence-corrected chi connectivity index (χ2v) is 6.17. The van der Waals surface area contributed by atoms with Crippen LogP contribution >= 0.6 is 11.3 Å². The first-order valence-corrected chi connectivity index (χ1v) is 8.16. The van der Waals surface area contributed by atoms with Crippen molar-refractivity contribution in [3.63, 3.8) is 0 Å². The number of benzene rings is 1. The van der Waals surface area contributed by atoms with Crippen molar-refractivity contribution in [2.75, 3.05) is 0 Å². The number of carbonyl (C=O) groups is 1. The van der Waals surface area contributed by atoms with Crippen molar-refractivity contribution < 1.29 is 4.79 Å². The third kappa shape index (κ3) is 3.40. The molecular weight excluding hydrogens is 308 g/mol. The highest BCUT2D eigenvalue weighted by Gasteiger charge is 2.15. The number of carbonyl (C=O) groups excluding carboxylic acids is 1. The van der Waals surface area contributed by atoms with Crippen molar-refractivity contribution in [2.24, 2.45) is 0 Å². The maximum atomic E-state index is 12.3. The van der Waals surface area contributed by atoms with Crippen molar-refractivity contribution >= 4 is 17.2 Å². The molecule has 0 saturated heterocycles. The number of nitrogens with one attached hydrogen (secondary N) is 2. The normalized spacial score (nSPS) is 11.9. The number of thiophene rings is 1. The number of amides is 1. The molecule has 3 aromatic rings. The van der Waals surface area contributed by atoms with Gasteiger partial charge in [-0.05, 0) is 36.1 Å². The fourth-order valence-corrected chi connectivity index (χ4v) is 3.06. The Morgan fingerprint density at radius 1 is 1.09 bits per heavy atom. The van der Waals surface area contributed by atoms with Crippen molar-refractivity contribution in [3.05, 3.63) is 80.8 Å². The van der Waals surface area contributed by atoms with E-state index in [4.69, 9.17) is 0 Å². The first-order valence-electron chi connectivity index (χ1n) is 7.28.